The van der Waals surface area contributed by atoms with Crippen LogP contribution in [0.4, 0.5) is 14.6 Å². The Labute approximate surface area is 225 Å². The summed E-state index contributed by atoms with van der Waals surface area (Å²) in [5.74, 6) is 1.58. The van der Waals surface area contributed by atoms with Crippen LogP contribution in [-0.2, 0) is 0 Å². The van der Waals surface area contributed by atoms with Crippen LogP contribution in [0, 0.1) is 29.9 Å². The van der Waals surface area contributed by atoms with Crippen LogP contribution in [0.2, 0.25) is 0 Å². The molecule has 2 N–H and O–H groups in total. The molecule has 1 saturated heterocycles. The summed E-state index contributed by atoms with van der Waals surface area (Å²) >= 11 is 0. The molecule has 0 bridgehead atoms. The third kappa shape index (κ3) is 4.02. The monoisotopic (exact) mass is 529 g/mol. The SMILES string of the molecule is C#Cc1c(F)ccc2cc(O)cc(-c3ncc4c(NC)nc(OCC5CCCC56CCCN6C)nc4c3F)c12. The van der Waals surface area contributed by atoms with E-state index in [0.29, 0.717) is 29.1 Å². The number of halogens is 2. The van der Waals surface area contributed by atoms with Gasteiger partial charge in [-0.15, -0.1) is 6.42 Å². The number of phenolic OH excluding ortho intramolecular Hbond substituents is 1. The molecule has 0 amide bonds. The van der Waals surface area contributed by atoms with Crippen molar-refractivity contribution in [1.29, 1.82) is 0 Å². The first-order valence-corrected chi connectivity index (χ1v) is 13.2. The lowest BCUT2D eigenvalue weighted by molar-refractivity contribution is 0.0838. The Hall–Kier alpha value is -4.03. The number of ether oxygens (including phenoxy) is 1. The molecule has 200 valence electrons. The van der Waals surface area contributed by atoms with E-state index in [1.807, 2.05) is 0 Å². The first-order valence-electron chi connectivity index (χ1n) is 13.2. The zero-order valence-corrected chi connectivity index (χ0v) is 21.9. The van der Waals surface area contributed by atoms with Gasteiger partial charge in [0.2, 0.25) is 0 Å². The second-order valence-corrected chi connectivity index (χ2v) is 10.5. The molecule has 6 rings (SSSR count). The predicted molar refractivity (Wildman–Crippen MR) is 147 cm³/mol. The second kappa shape index (κ2) is 9.62. The second-order valence-electron chi connectivity index (χ2n) is 10.5. The van der Waals surface area contributed by atoms with Crippen molar-refractivity contribution in [3.05, 3.63) is 47.7 Å². The third-order valence-corrected chi connectivity index (χ3v) is 8.55. The van der Waals surface area contributed by atoms with Gasteiger partial charge in [-0.3, -0.25) is 4.98 Å². The number of rotatable bonds is 5. The Morgan fingerprint density at radius 1 is 1.23 bits per heavy atom. The van der Waals surface area contributed by atoms with Crippen molar-refractivity contribution in [1.82, 2.24) is 19.9 Å². The summed E-state index contributed by atoms with van der Waals surface area (Å²) in [5, 5.41) is 14.5. The molecular weight excluding hydrogens is 500 g/mol. The summed E-state index contributed by atoms with van der Waals surface area (Å²) in [4.78, 5) is 15.7. The Morgan fingerprint density at radius 2 is 2.05 bits per heavy atom. The molecule has 39 heavy (non-hydrogen) atoms. The number of terminal acetylenes is 1. The van der Waals surface area contributed by atoms with Gasteiger partial charge in [-0.2, -0.15) is 9.97 Å². The number of nitrogens with zero attached hydrogens (tertiary/aromatic N) is 4. The lowest BCUT2D eigenvalue weighted by atomic mass is 9.85. The van der Waals surface area contributed by atoms with E-state index < -0.39 is 11.6 Å². The summed E-state index contributed by atoms with van der Waals surface area (Å²) in [6.45, 7) is 1.53. The number of likely N-dealkylation sites (tertiary alicyclic amines) is 1. The largest absolute Gasteiger partial charge is 0.508 e. The molecule has 2 aliphatic rings. The molecule has 3 heterocycles. The minimum atomic E-state index is -0.747. The van der Waals surface area contributed by atoms with Crippen molar-refractivity contribution < 1.29 is 18.6 Å². The maximum Gasteiger partial charge on any atom is 0.319 e. The van der Waals surface area contributed by atoms with E-state index in [4.69, 9.17) is 11.2 Å². The van der Waals surface area contributed by atoms with E-state index in [0.717, 1.165) is 32.2 Å². The highest BCUT2D eigenvalue weighted by molar-refractivity contribution is 6.02. The smallest absolute Gasteiger partial charge is 0.319 e. The molecule has 9 heteroatoms. The Kier molecular flexibility index (Phi) is 6.23. The van der Waals surface area contributed by atoms with Crippen LogP contribution < -0.4 is 10.1 Å². The average molecular weight is 530 g/mol. The van der Waals surface area contributed by atoms with Crippen LogP contribution >= 0.6 is 0 Å². The normalized spacial score (nSPS) is 21.2. The van der Waals surface area contributed by atoms with Crippen LogP contribution in [0.25, 0.3) is 32.9 Å². The molecule has 0 radical (unpaired) electrons. The van der Waals surface area contributed by atoms with Gasteiger partial charge in [0.15, 0.2) is 5.82 Å². The highest BCUT2D eigenvalue weighted by Crippen LogP contribution is 2.46. The maximum absolute atomic E-state index is 16.2. The van der Waals surface area contributed by atoms with Gasteiger partial charge >= 0.3 is 6.01 Å². The summed E-state index contributed by atoms with van der Waals surface area (Å²) in [5.41, 5.74) is 0.170. The summed E-state index contributed by atoms with van der Waals surface area (Å²) in [7, 11) is 3.87. The topological polar surface area (TPSA) is 83.4 Å². The van der Waals surface area contributed by atoms with Gasteiger partial charge in [0.1, 0.15) is 28.6 Å². The lowest BCUT2D eigenvalue weighted by Gasteiger charge is -2.37. The number of fused-ring (bicyclic) bond motifs is 2. The van der Waals surface area contributed by atoms with Crippen molar-refractivity contribution in [2.45, 2.75) is 37.6 Å². The summed E-state index contributed by atoms with van der Waals surface area (Å²) in [6.07, 6.45) is 12.8. The number of anilines is 1. The van der Waals surface area contributed by atoms with Crippen LogP contribution in [-0.4, -0.2) is 57.7 Å². The molecule has 4 aromatic rings. The summed E-state index contributed by atoms with van der Waals surface area (Å²) < 4.78 is 36.9. The van der Waals surface area contributed by atoms with Crippen molar-refractivity contribution in [2.75, 3.05) is 32.6 Å². The van der Waals surface area contributed by atoms with Gasteiger partial charge in [-0.05, 0) is 62.9 Å². The maximum atomic E-state index is 16.2. The zero-order valence-electron chi connectivity index (χ0n) is 21.9. The Morgan fingerprint density at radius 3 is 2.79 bits per heavy atom. The first kappa shape index (κ1) is 25.3. The fraction of sp³-hybridized carbons (Fsp3) is 0.367. The number of phenols is 1. The minimum absolute atomic E-state index is 0.00335. The molecular formula is C30H29F2N5O2. The molecule has 2 aromatic carbocycles. The van der Waals surface area contributed by atoms with E-state index in [9.17, 15) is 9.50 Å². The molecule has 2 unspecified atom stereocenters. The number of aromatic nitrogens is 3. The molecule has 1 aliphatic heterocycles. The van der Waals surface area contributed by atoms with Crippen LogP contribution in [0.1, 0.15) is 37.7 Å². The molecule has 2 aromatic heterocycles. The number of benzene rings is 2. The quantitative estimate of drug-likeness (QED) is 0.331. The first-order chi connectivity index (χ1) is 18.9. The molecule has 1 spiro atoms. The van der Waals surface area contributed by atoms with Crippen molar-refractivity contribution in [3.63, 3.8) is 0 Å². The fourth-order valence-corrected chi connectivity index (χ4v) is 6.64. The average Bonchev–Trinajstić information content (AvgIpc) is 3.52. The van der Waals surface area contributed by atoms with Gasteiger partial charge in [0.25, 0.3) is 0 Å². The molecule has 7 nitrogen and oxygen atoms in total. The van der Waals surface area contributed by atoms with Gasteiger partial charge < -0.3 is 20.1 Å². The van der Waals surface area contributed by atoms with Gasteiger partial charge in [-0.25, -0.2) is 8.78 Å². The summed E-state index contributed by atoms with van der Waals surface area (Å²) in [6, 6.07) is 5.55. The van der Waals surface area contributed by atoms with E-state index in [1.54, 1.807) is 7.05 Å². The van der Waals surface area contributed by atoms with Crippen LogP contribution in [0.5, 0.6) is 11.8 Å². The number of pyridine rings is 1. The Balaban J connectivity index is 1.44. The molecule has 2 atom stereocenters. The predicted octanol–water partition coefficient (Wildman–Crippen LogP) is 5.50. The van der Waals surface area contributed by atoms with Gasteiger partial charge in [0, 0.05) is 35.7 Å². The van der Waals surface area contributed by atoms with E-state index in [-0.39, 0.29) is 45.0 Å². The lowest BCUT2D eigenvalue weighted by Crippen LogP contribution is -2.46. The van der Waals surface area contributed by atoms with Crippen molar-refractivity contribution in [3.8, 4) is 35.4 Å². The molecule has 1 aliphatic carbocycles. The fourth-order valence-electron chi connectivity index (χ4n) is 6.64. The molecule has 2 fully saturated rings. The number of aromatic hydroxyl groups is 1. The van der Waals surface area contributed by atoms with E-state index >= 15 is 4.39 Å². The van der Waals surface area contributed by atoms with Crippen LogP contribution in [0.3, 0.4) is 0 Å². The zero-order chi connectivity index (χ0) is 27.3. The van der Waals surface area contributed by atoms with E-state index in [1.165, 1.54) is 36.9 Å². The Bertz CT molecular complexity index is 1650. The minimum Gasteiger partial charge on any atom is -0.508 e. The highest BCUT2D eigenvalue weighted by Gasteiger charge is 2.48. The van der Waals surface area contributed by atoms with E-state index in [2.05, 4.69) is 38.1 Å². The van der Waals surface area contributed by atoms with Crippen molar-refractivity contribution >= 4 is 27.5 Å². The number of hydrogen-bond acceptors (Lipinski definition) is 7. The van der Waals surface area contributed by atoms with Crippen molar-refractivity contribution in [2.24, 2.45) is 5.92 Å². The van der Waals surface area contributed by atoms with Gasteiger partial charge in [0.05, 0.1) is 17.6 Å². The van der Waals surface area contributed by atoms with Crippen LogP contribution in [0.15, 0.2) is 30.5 Å². The number of nitrogens with one attached hydrogen (secondary N) is 1. The molecule has 1 saturated carbocycles. The standard InChI is InChI=1S/C30H29F2N5O2/c1-4-20-23(31)9-8-17-13-19(38)14-21(24(17)20)26-25(32)27-22(15-34-26)28(33-2)36-29(35-27)39-16-18-7-5-10-30(18)11-6-12-37(30)3/h1,8-9,13-15,18,38H,5-7,10-12,16H2,2-3H3,(H,33,35,36). The van der Waals surface area contributed by atoms with Gasteiger partial charge in [-0.1, -0.05) is 18.4 Å². The third-order valence-electron chi connectivity index (χ3n) is 8.55. The highest BCUT2D eigenvalue weighted by atomic mass is 19.1. The number of hydrogen-bond donors (Lipinski definition) is 2.